The van der Waals surface area contributed by atoms with Crippen molar-refractivity contribution in [3.8, 4) is 0 Å². The highest BCUT2D eigenvalue weighted by Gasteiger charge is 2.35. The molecule has 1 aliphatic rings. The molecular formula is C22H16N2O3S2. The third-order valence-corrected chi connectivity index (χ3v) is 6.01. The Labute approximate surface area is 176 Å². The Kier molecular flexibility index (Phi) is 5.59. The summed E-state index contributed by atoms with van der Waals surface area (Å²) in [7, 11) is 0. The Morgan fingerprint density at radius 1 is 0.966 bits per heavy atom. The van der Waals surface area contributed by atoms with Gasteiger partial charge in [-0.2, -0.15) is 0 Å². The van der Waals surface area contributed by atoms with E-state index in [2.05, 4.69) is 5.32 Å². The van der Waals surface area contributed by atoms with Crippen LogP contribution in [0.2, 0.25) is 0 Å². The summed E-state index contributed by atoms with van der Waals surface area (Å²) in [6.45, 7) is 0.174. The highest BCUT2D eigenvalue weighted by Crippen LogP contribution is 2.33. The Hall–Kier alpha value is -3.16. The van der Waals surface area contributed by atoms with Crippen molar-refractivity contribution in [2.75, 3.05) is 5.32 Å². The number of nitrogens with one attached hydrogen (secondary N) is 1. The predicted molar refractivity (Wildman–Crippen MR) is 117 cm³/mol. The third-order valence-electron chi connectivity index (χ3n) is 4.28. The van der Waals surface area contributed by atoms with Crippen LogP contribution < -0.4 is 5.32 Å². The maximum absolute atomic E-state index is 12.6. The van der Waals surface area contributed by atoms with Crippen molar-refractivity contribution >= 4 is 51.9 Å². The van der Waals surface area contributed by atoms with Crippen molar-refractivity contribution < 1.29 is 14.4 Å². The predicted octanol–water partition coefficient (Wildman–Crippen LogP) is 5.24. The minimum Gasteiger partial charge on any atom is -0.322 e. The Morgan fingerprint density at radius 2 is 1.72 bits per heavy atom. The van der Waals surface area contributed by atoms with Crippen LogP contribution in [0, 0.1) is 0 Å². The first-order valence-corrected chi connectivity index (χ1v) is 10.5. The zero-order valence-electron chi connectivity index (χ0n) is 15.2. The SMILES string of the molecule is O=C(Nc1ccccc1)c1ccc(CN2C(=O)S/C(=C\c3cccs3)C2=O)cc1. The van der Waals surface area contributed by atoms with Gasteiger partial charge in [0.15, 0.2) is 0 Å². The van der Waals surface area contributed by atoms with E-state index in [1.165, 1.54) is 16.2 Å². The number of carbonyl (C=O) groups is 3. The van der Waals surface area contributed by atoms with Crippen LogP contribution in [-0.2, 0) is 11.3 Å². The molecule has 29 heavy (non-hydrogen) atoms. The van der Waals surface area contributed by atoms with Gasteiger partial charge in [0.2, 0.25) is 0 Å². The zero-order valence-corrected chi connectivity index (χ0v) is 16.8. The quantitative estimate of drug-likeness (QED) is 0.574. The minimum absolute atomic E-state index is 0.174. The molecule has 1 fully saturated rings. The highest BCUT2D eigenvalue weighted by molar-refractivity contribution is 8.18. The lowest BCUT2D eigenvalue weighted by Crippen LogP contribution is -2.27. The normalized spacial score (nSPS) is 15.2. The van der Waals surface area contributed by atoms with Gasteiger partial charge < -0.3 is 5.32 Å². The average molecular weight is 421 g/mol. The van der Waals surface area contributed by atoms with Crippen molar-refractivity contribution in [2.45, 2.75) is 6.54 Å². The zero-order chi connectivity index (χ0) is 20.2. The smallest absolute Gasteiger partial charge is 0.293 e. The number of para-hydroxylation sites is 1. The maximum atomic E-state index is 12.6. The third kappa shape index (κ3) is 4.47. The molecule has 0 spiro atoms. The number of imide groups is 1. The number of amides is 3. The molecule has 0 bridgehead atoms. The van der Waals surface area contributed by atoms with Crippen LogP contribution in [0.1, 0.15) is 20.8 Å². The van der Waals surface area contributed by atoms with Gasteiger partial charge in [-0.1, -0.05) is 36.4 Å². The van der Waals surface area contributed by atoms with Gasteiger partial charge in [0.25, 0.3) is 17.1 Å². The van der Waals surface area contributed by atoms with Gasteiger partial charge in [-0.05, 0) is 59.1 Å². The number of carbonyl (C=O) groups excluding carboxylic acids is 3. The summed E-state index contributed by atoms with van der Waals surface area (Å²) < 4.78 is 0. The van der Waals surface area contributed by atoms with Crippen molar-refractivity contribution in [2.24, 2.45) is 0 Å². The van der Waals surface area contributed by atoms with E-state index in [0.29, 0.717) is 10.5 Å². The van der Waals surface area contributed by atoms with E-state index in [9.17, 15) is 14.4 Å². The van der Waals surface area contributed by atoms with Crippen molar-refractivity contribution in [1.29, 1.82) is 0 Å². The highest BCUT2D eigenvalue weighted by atomic mass is 32.2. The van der Waals surface area contributed by atoms with Crippen molar-refractivity contribution in [1.82, 2.24) is 4.90 Å². The fraction of sp³-hybridized carbons (Fsp3) is 0.0455. The molecule has 3 amide bonds. The van der Waals surface area contributed by atoms with Crippen LogP contribution >= 0.6 is 23.1 Å². The Bertz CT molecular complexity index is 1080. The van der Waals surface area contributed by atoms with Crippen LogP contribution in [0.4, 0.5) is 10.5 Å². The molecule has 2 heterocycles. The van der Waals surface area contributed by atoms with E-state index in [1.54, 1.807) is 30.3 Å². The number of thioether (sulfide) groups is 1. The van der Waals surface area contributed by atoms with Gasteiger partial charge >= 0.3 is 0 Å². The number of benzene rings is 2. The summed E-state index contributed by atoms with van der Waals surface area (Å²) in [6, 6.07) is 19.9. The van der Waals surface area contributed by atoms with Crippen molar-refractivity contribution in [3.63, 3.8) is 0 Å². The van der Waals surface area contributed by atoms with E-state index in [1.807, 2.05) is 47.8 Å². The first-order chi connectivity index (χ1) is 14.1. The number of hydrogen-bond acceptors (Lipinski definition) is 5. The molecule has 0 unspecified atom stereocenters. The lowest BCUT2D eigenvalue weighted by atomic mass is 10.1. The lowest BCUT2D eigenvalue weighted by Gasteiger charge is -2.13. The summed E-state index contributed by atoms with van der Waals surface area (Å²) in [6.07, 6.45) is 1.74. The maximum Gasteiger partial charge on any atom is 0.293 e. The van der Waals surface area contributed by atoms with E-state index < -0.39 is 0 Å². The first-order valence-electron chi connectivity index (χ1n) is 8.84. The first kappa shape index (κ1) is 19.2. The molecule has 0 atom stereocenters. The molecule has 5 nitrogen and oxygen atoms in total. The second kappa shape index (κ2) is 8.46. The van der Waals surface area contributed by atoms with Crippen LogP contribution in [0.5, 0.6) is 0 Å². The number of rotatable bonds is 5. The number of anilines is 1. The summed E-state index contributed by atoms with van der Waals surface area (Å²) >= 11 is 2.46. The molecule has 1 saturated heterocycles. The summed E-state index contributed by atoms with van der Waals surface area (Å²) in [5, 5.41) is 4.46. The van der Waals surface area contributed by atoms with Gasteiger partial charge in [-0.15, -0.1) is 11.3 Å². The second-order valence-corrected chi connectivity index (χ2v) is 8.27. The van der Waals surface area contributed by atoms with E-state index in [0.717, 1.165) is 27.9 Å². The molecule has 0 radical (unpaired) electrons. The van der Waals surface area contributed by atoms with E-state index in [-0.39, 0.29) is 23.6 Å². The number of hydrogen-bond donors (Lipinski definition) is 1. The largest absolute Gasteiger partial charge is 0.322 e. The molecule has 1 aliphatic heterocycles. The second-order valence-electron chi connectivity index (χ2n) is 6.30. The lowest BCUT2D eigenvalue weighted by molar-refractivity contribution is -0.123. The molecular weight excluding hydrogens is 404 g/mol. The Morgan fingerprint density at radius 3 is 2.41 bits per heavy atom. The topological polar surface area (TPSA) is 66.5 Å². The van der Waals surface area contributed by atoms with Crippen LogP contribution in [0.25, 0.3) is 6.08 Å². The standard InChI is InChI=1S/C22H16N2O3S2/c25-20(23-17-5-2-1-3-6-17)16-10-8-15(9-11-16)14-24-21(26)19(29-22(24)27)13-18-7-4-12-28-18/h1-13H,14H2,(H,23,25)/b19-13-. The Balaban J connectivity index is 1.43. The molecule has 1 N–H and O–H groups in total. The molecule has 144 valence electrons. The molecule has 1 aromatic heterocycles. The van der Waals surface area contributed by atoms with Gasteiger partial charge in [0, 0.05) is 16.1 Å². The molecule has 2 aromatic carbocycles. The fourth-order valence-corrected chi connectivity index (χ4v) is 4.37. The van der Waals surface area contributed by atoms with Gasteiger partial charge in [0.1, 0.15) is 0 Å². The summed E-state index contributed by atoms with van der Waals surface area (Å²) in [5.41, 5.74) is 2.00. The van der Waals surface area contributed by atoms with Crippen LogP contribution in [-0.4, -0.2) is 22.0 Å². The van der Waals surface area contributed by atoms with Crippen LogP contribution in [0.3, 0.4) is 0 Å². The average Bonchev–Trinajstić information content (AvgIpc) is 3.33. The molecule has 4 rings (SSSR count). The fourth-order valence-electron chi connectivity index (χ4n) is 2.81. The molecule has 0 aliphatic carbocycles. The van der Waals surface area contributed by atoms with Crippen LogP contribution in [0.15, 0.2) is 77.0 Å². The summed E-state index contributed by atoms with van der Waals surface area (Å²) in [4.78, 5) is 39.8. The van der Waals surface area contributed by atoms with E-state index in [4.69, 9.17) is 0 Å². The van der Waals surface area contributed by atoms with Gasteiger partial charge in [0.05, 0.1) is 11.4 Å². The van der Waals surface area contributed by atoms with Gasteiger partial charge in [-0.3, -0.25) is 19.3 Å². The molecule has 3 aromatic rings. The monoisotopic (exact) mass is 420 g/mol. The van der Waals surface area contributed by atoms with Crippen molar-refractivity contribution in [3.05, 3.63) is 93.0 Å². The van der Waals surface area contributed by atoms with Gasteiger partial charge in [-0.25, -0.2) is 0 Å². The molecule has 0 saturated carbocycles. The summed E-state index contributed by atoms with van der Waals surface area (Å²) in [5.74, 6) is -0.507. The number of nitrogens with zero attached hydrogens (tertiary/aromatic N) is 1. The molecule has 7 heteroatoms. The minimum atomic E-state index is -0.292. The number of thiophene rings is 1. The van der Waals surface area contributed by atoms with E-state index >= 15 is 0 Å².